The van der Waals surface area contributed by atoms with Crippen molar-refractivity contribution in [2.24, 2.45) is 0 Å². The molecule has 1 amide bonds. The first kappa shape index (κ1) is 12.6. The predicted molar refractivity (Wildman–Crippen MR) is 79.3 cm³/mol. The third kappa shape index (κ3) is 3.33. The Morgan fingerprint density at radius 1 is 1.32 bits per heavy atom. The molecular weight excluding hydrogens is 256 g/mol. The van der Waals surface area contributed by atoms with E-state index in [9.17, 15) is 4.79 Å². The van der Waals surface area contributed by atoms with E-state index in [-0.39, 0.29) is 5.91 Å². The minimum atomic E-state index is 0.171. The fourth-order valence-corrected chi connectivity index (χ4v) is 3.08. The van der Waals surface area contributed by atoms with Gasteiger partial charge in [-0.1, -0.05) is 18.2 Å². The van der Waals surface area contributed by atoms with E-state index in [2.05, 4.69) is 40.3 Å². The number of amides is 1. The van der Waals surface area contributed by atoms with Gasteiger partial charge < -0.3 is 10.6 Å². The Hall–Kier alpha value is -1.39. The summed E-state index contributed by atoms with van der Waals surface area (Å²) in [5, 5.41) is 9.87. The molecule has 0 atom stereocenters. The van der Waals surface area contributed by atoms with E-state index in [1.807, 2.05) is 0 Å². The SMILES string of the molecule is O=C(CCNCc1csc2ccccc12)NC1CC1. The summed E-state index contributed by atoms with van der Waals surface area (Å²) in [6.45, 7) is 1.57. The molecule has 2 N–H and O–H groups in total. The summed E-state index contributed by atoms with van der Waals surface area (Å²) in [5.74, 6) is 0.171. The molecule has 2 aromatic rings. The summed E-state index contributed by atoms with van der Waals surface area (Å²) in [6.07, 6.45) is 2.87. The Bertz CT molecular complexity index is 574. The molecule has 3 nitrogen and oxygen atoms in total. The van der Waals surface area contributed by atoms with Crippen molar-refractivity contribution in [3.8, 4) is 0 Å². The molecule has 3 rings (SSSR count). The van der Waals surface area contributed by atoms with Crippen molar-refractivity contribution in [2.45, 2.75) is 31.8 Å². The minimum Gasteiger partial charge on any atom is -0.353 e. The van der Waals surface area contributed by atoms with Crippen LogP contribution < -0.4 is 10.6 Å². The Kier molecular flexibility index (Phi) is 3.80. The molecule has 100 valence electrons. The van der Waals surface area contributed by atoms with Crippen LogP contribution in [0, 0.1) is 0 Å². The molecule has 0 aliphatic heterocycles. The van der Waals surface area contributed by atoms with Gasteiger partial charge in [-0.05, 0) is 35.2 Å². The van der Waals surface area contributed by atoms with E-state index in [0.29, 0.717) is 12.5 Å². The standard InChI is InChI=1S/C15H18N2OS/c18-15(17-12-5-6-12)7-8-16-9-11-10-19-14-4-2-1-3-13(11)14/h1-4,10,12,16H,5-9H2,(H,17,18). The lowest BCUT2D eigenvalue weighted by Crippen LogP contribution is -2.28. The topological polar surface area (TPSA) is 41.1 Å². The highest BCUT2D eigenvalue weighted by Crippen LogP contribution is 2.25. The summed E-state index contributed by atoms with van der Waals surface area (Å²) in [4.78, 5) is 11.5. The van der Waals surface area contributed by atoms with Gasteiger partial charge in [-0.2, -0.15) is 0 Å². The van der Waals surface area contributed by atoms with Gasteiger partial charge in [-0.25, -0.2) is 0 Å². The molecule has 0 spiro atoms. The Labute approximate surface area is 117 Å². The van der Waals surface area contributed by atoms with Crippen molar-refractivity contribution < 1.29 is 4.79 Å². The first-order valence-corrected chi connectivity index (χ1v) is 7.66. The third-order valence-electron chi connectivity index (χ3n) is 3.35. The second kappa shape index (κ2) is 5.72. The average Bonchev–Trinajstić information content (AvgIpc) is 3.14. The van der Waals surface area contributed by atoms with Crippen molar-refractivity contribution in [3.63, 3.8) is 0 Å². The number of fused-ring (bicyclic) bond motifs is 1. The predicted octanol–water partition coefficient (Wildman–Crippen LogP) is 2.66. The summed E-state index contributed by atoms with van der Waals surface area (Å²) < 4.78 is 1.32. The quantitative estimate of drug-likeness (QED) is 0.795. The number of nitrogens with one attached hydrogen (secondary N) is 2. The van der Waals surface area contributed by atoms with Crippen molar-refractivity contribution in [1.29, 1.82) is 0 Å². The van der Waals surface area contributed by atoms with Crippen LogP contribution in [-0.4, -0.2) is 18.5 Å². The fourth-order valence-electron chi connectivity index (χ4n) is 2.12. The van der Waals surface area contributed by atoms with E-state index in [4.69, 9.17) is 0 Å². The largest absolute Gasteiger partial charge is 0.353 e. The van der Waals surface area contributed by atoms with Crippen LogP contribution in [0.15, 0.2) is 29.6 Å². The molecule has 1 aliphatic rings. The van der Waals surface area contributed by atoms with Crippen molar-refractivity contribution in [3.05, 3.63) is 35.2 Å². The Morgan fingerprint density at radius 3 is 3.00 bits per heavy atom. The van der Waals surface area contributed by atoms with Crippen molar-refractivity contribution in [1.82, 2.24) is 10.6 Å². The van der Waals surface area contributed by atoms with E-state index in [0.717, 1.165) is 25.9 Å². The Balaban J connectivity index is 1.45. The zero-order valence-corrected chi connectivity index (χ0v) is 11.6. The van der Waals surface area contributed by atoms with Gasteiger partial charge in [0.2, 0.25) is 5.91 Å². The summed E-state index contributed by atoms with van der Waals surface area (Å²) in [7, 11) is 0. The first-order valence-electron chi connectivity index (χ1n) is 6.78. The van der Waals surface area contributed by atoms with Crippen molar-refractivity contribution in [2.75, 3.05) is 6.54 Å². The summed E-state index contributed by atoms with van der Waals surface area (Å²) in [5.41, 5.74) is 1.32. The van der Waals surface area contributed by atoms with Crippen LogP contribution in [0.4, 0.5) is 0 Å². The second-order valence-corrected chi connectivity index (χ2v) is 5.94. The first-order chi connectivity index (χ1) is 9.33. The highest BCUT2D eigenvalue weighted by Gasteiger charge is 2.22. The van der Waals surface area contributed by atoms with Crippen LogP contribution >= 0.6 is 11.3 Å². The molecule has 4 heteroatoms. The van der Waals surface area contributed by atoms with Crippen LogP contribution in [0.25, 0.3) is 10.1 Å². The van der Waals surface area contributed by atoms with Crippen LogP contribution in [0.5, 0.6) is 0 Å². The molecule has 19 heavy (non-hydrogen) atoms. The molecule has 1 aromatic carbocycles. The maximum Gasteiger partial charge on any atom is 0.221 e. The van der Waals surface area contributed by atoms with Gasteiger partial charge in [0.1, 0.15) is 0 Å². The number of hydrogen-bond acceptors (Lipinski definition) is 3. The number of carbonyl (C=O) groups excluding carboxylic acids is 1. The molecule has 1 fully saturated rings. The normalized spacial score (nSPS) is 14.7. The maximum atomic E-state index is 11.5. The van der Waals surface area contributed by atoms with Crippen LogP contribution in [0.1, 0.15) is 24.8 Å². The lowest BCUT2D eigenvalue weighted by molar-refractivity contribution is -0.121. The molecule has 0 saturated heterocycles. The van der Waals surface area contributed by atoms with Crippen LogP contribution in [0.2, 0.25) is 0 Å². The molecule has 1 heterocycles. The van der Waals surface area contributed by atoms with Gasteiger partial charge in [-0.3, -0.25) is 4.79 Å². The molecule has 1 saturated carbocycles. The van der Waals surface area contributed by atoms with Crippen LogP contribution in [-0.2, 0) is 11.3 Å². The zero-order chi connectivity index (χ0) is 13.1. The number of rotatable bonds is 6. The zero-order valence-electron chi connectivity index (χ0n) is 10.8. The average molecular weight is 274 g/mol. The fraction of sp³-hybridized carbons (Fsp3) is 0.400. The Morgan fingerprint density at radius 2 is 2.16 bits per heavy atom. The van der Waals surface area contributed by atoms with Crippen LogP contribution in [0.3, 0.4) is 0 Å². The van der Waals surface area contributed by atoms with Gasteiger partial charge in [0, 0.05) is 30.3 Å². The van der Waals surface area contributed by atoms with Gasteiger partial charge in [0.25, 0.3) is 0 Å². The van der Waals surface area contributed by atoms with Gasteiger partial charge >= 0.3 is 0 Å². The van der Waals surface area contributed by atoms with Crippen molar-refractivity contribution >= 4 is 27.3 Å². The number of carbonyl (C=O) groups is 1. The van der Waals surface area contributed by atoms with E-state index < -0.39 is 0 Å². The highest BCUT2D eigenvalue weighted by molar-refractivity contribution is 7.17. The molecule has 1 aromatic heterocycles. The smallest absolute Gasteiger partial charge is 0.221 e. The number of thiophene rings is 1. The molecule has 0 unspecified atom stereocenters. The van der Waals surface area contributed by atoms with Gasteiger partial charge in [0.05, 0.1) is 0 Å². The third-order valence-corrected chi connectivity index (χ3v) is 4.36. The molecule has 1 aliphatic carbocycles. The monoisotopic (exact) mass is 274 g/mol. The minimum absolute atomic E-state index is 0.171. The lowest BCUT2D eigenvalue weighted by atomic mass is 10.2. The molecular formula is C15H18N2OS. The van der Waals surface area contributed by atoms with E-state index in [1.54, 1.807) is 11.3 Å². The maximum absolute atomic E-state index is 11.5. The van der Waals surface area contributed by atoms with Gasteiger partial charge in [0.15, 0.2) is 0 Å². The second-order valence-electron chi connectivity index (χ2n) is 5.03. The van der Waals surface area contributed by atoms with E-state index >= 15 is 0 Å². The van der Waals surface area contributed by atoms with E-state index in [1.165, 1.54) is 15.6 Å². The highest BCUT2D eigenvalue weighted by atomic mass is 32.1. The summed E-state index contributed by atoms with van der Waals surface area (Å²) in [6, 6.07) is 8.91. The molecule has 0 bridgehead atoms. The summed E-state index contributed by atoms with van der Waals surface area (Å²) >= 11 is 1.78. The number of benzene rings is 1. The van der Waals surface area contributed by atoms with Gasteiger partial charge in [-0.15, -0.1) is 11.3 Å². The molecule has 0 radical (unpaired) electrons. The number of hydrogen-bond donors (Lipinski definition) is 2. The lowest BCUT2D eigenvalue weighted by Gasteiger charge is -2.05.